The van der Waals surface area contributed by atoms with Crippen molar-refractivity contribution in [3.63, 3.8) is 0 Å². The summed E-state index contributed by atoms with van der Waals surface area (Å²) in [5, 5.41) is 16.6. The Morgan fingerprint density at radius 1 is 1.22 bits per heavy atom. The minimum atomic E-state index is -0.669. The minimum absolute atomic E-state index is 0.0474. The van der Waals surface area contributed by atoms with Gasteiger partial charge in [-0.1, -0.05) is 45.9 Å². The van der Waals surface area contributed by atoms with Crippen LogP contribution < -0.4 is 15.4 Å². The van der Waals surface area contributed by atoms with E-state index in [-0.39, 0.29) is 23.1 Å². The Bertz CT molecular complexity index is 1090. The number of nitrogens with zero attached hydrogens (tertiary/aromatic N) is 1. The van der Waals surface area contributed by atoms with Gasteiger partial charge < -0.3 is 20.1 Å². The molecule has 1 fully saturated rings. The summed E-state index contributed by atoms with van der Waals surface area (Å²) in [7, 11) is 1.72. The van der Waals surface area contributed by atoms with Gasteiger partial charge in [-0.25, -0.2) is 0 Å². The topological polar surface area (TPSA) is 73.8 Å². The Morgan fingerprint density at radius 3 is 2.69 bits per heavy atom. The van der Waals surface area contributed by atoms with Crippen LogP contribution in [0.1, 0.15) is 57.7 Å². The number of rotatable bonds is 7. The summed E-state index contributed by atoms with van der Waals surface area (Å²) in [5.41, 5.74) is 2.95. The lowest BCUT2D eigenvalue weighted by Gasteiger charge is -2.46. The number of hydrogen-bond donors (Lipinski definition) is 3. The second kappa shape index (κ2) is 10.4. The number of benzene rings is 2. The first kappa shape index (κ1) is 26.5. The standard InChI is InChI=1S/C30H43N3O3/c1-20(2)27(32-28(35)30(5)16-22-10-11-25(34)14-23(22)17-31-30)19-33-13-12-29(4,21(3)18-33)24-8-7-9-26(15-24)36-6/h7-11,14-15,20-21,27,31,34H,12-13,16-19H2,1-6H3,(H,32,35)/t21-,27?,29+,30+/m0/s1. The zero-order valence-corrected chi connectivity index (χ0v) is 22.7. The Morgan fingerprint density at radius 2 is 2.00 bits per heavy atom. The second-order valence-corrected chi connectivity index (χ2v) is 11.7. The maximum Gasteiger partial charge on any atom is 0.240 e. The van der Waals surface area contributed by atoms with Crippen molar-refractivity contribution in [3.8, 4) is 11.5 Å². The number of piperidine rings is 1. The van der Waals surface area contributed by atoms with E-state index in [0.29, 0.717) is 24.8 Å². The third-order valence-electron chi connectivity index (χ3n) is 8.78. The van der Waals surface area contributed by atoms with E-state index in [0.717, 1.165) is 42.9 Å². The van der Waals surface area contributed by atoms with Crippen LogP contribution in [0, 0.1) is 11.8 Å². The summed E-state index contributed by atoms with van der Waals surface area (Å²) in [4.78, 5) is 16.0. The largest absolute Gasteiger partial charge is 0.508 e. The number of likely N-dealkylation sites (tertiary alicyclic amines) is 1. The molecule has 0 aromatic heterocycles. The van der Waals surface area contributed by atoms with Crippen molar-refractivity contribution < 1.29 is 14.6 Å². The van der Waals surface area contributed by atoms with Crippen LogP contribution in [0.2, 0.25) is 0 Å². The lowest BCUT2D eigenvalue weighted by Crippen LogP contribution is -2.61. The summed E-state index contributed by atoms with van der Waals surface area (Å²) in [6.45, 7) is 14.5. The van der Waals surface area contributed by atoms with Gasteiger partial charge in [0, 0.05) is 25.7 Å². The van der Waals surface area contributed by atoms with Crippen molar-refractivity contribution >= 4 is 5.91 Å². The molecule has 1 unspecified atom stereocenters. The lowest BCUT2D eigenvalue weighted by atomic mass is 9.68. The van der Waals surface area contributed by atoms with Crippen molar-refractivity contribution in [2.75, 3.05) is 26.7 Å². The van der Waals surface area contributed by atoms with Crippen LogP contribution in [0.15, 0.2) is 42.5 Å². The zero-order valence-electron chi connectivity index (χ0n) is 22.7. The first-order valence-corrected chi connectivity index (χ1v) is 13.3. The number of ether oxygens (including phenoxy) is 1. The highest BCUT2D eigenvalue weighted by molar-refractivity contribution is 5.87. The van der Waals surface area contributed by atoms with Crippen LogP contribution >= 0.6 is 0 Å². The summed E-state index contributed by atoms with van der Waals surface area (Å²) in [6, 6.07) is 14.0. The van der Waals surface area contributed by atoms with E-state index in [1.165, 1.54) is 5.56 Å². The van der Waals surface area contributed by atoms with Gasteiger partial charge in [-0.05, 0) is 84.5 Å². The van der Waals surface area contributed by atoms with Gasteiger partial charge in [0.1, 0.15) is 11.5 Å². The summed E-state index contributed by atoms with van der Waals surface area (Å²) in [5.74, 6) is 2.03. The Balaban J connectivity index is 1.40. The molecule has 0 bridgehead atoms. The Labute approximate surface area is 216 Å². The third kappa shape index (κ3) is 5.40. The van der Waals surface area contributed by atoms with Crippen LogP contribution in [0.4, 0.5) is 0 Å². The molecular formula is C30H43N3O3. The van der Waals surface area contributed by atoms with E-state index in [2.05, 4.69) is 61.4 Å². The van der Waals surface area contributed by atoms with E-state index in [9.17, 15) is 9.90 Å². The molecule has 1 saturated heterocycles. The van der Waals surface area contributed by atoms with E-state index in [1.807, 2.05) is 19.1 Å². The number of carbonyl (C=O) groups is 1. The molecule has 36 heavy (non-hydrogen) atoms. The molecule has 0 aliphatic carbocycles. The van der Waals surface area contributed by atoms with Crippen molar-refractivity contribution in [2.45, 2.75) is 71.0 Å². The molecule has 0 radical (unpaired) electrons. The number of nitrogens with one attached hydrogen (secondary N) is 2. The number of amides is 1. The number of phenolic OH excluding ortho intramolecular Hbond substituents is 1. The fourth-order valence-corrected chi connectivity index (χ4v) is 5.76. The van der Waals surface area contributed by atoms with Crippen LogP contribution in [0.3, 0.4) is 0 Å². The average molecular weight is 494 g/mol. The molecule has 2 aliphatic rings. The molecule has 6 heteroatoms. The number of phenols is 1. The zero-order chi connectivity index (χ0) is 26.1. The lowest BCUT2D eigenvalue weighted by molar-refractivity contribution is -0.128. The quantitative estimate of drug-likeness (QED) is 0.538. The smallest absolute Gasteiger partial charge is 0.240 e. The molecular weight excluding hydrogens is 450 g/mol. The molecule has 6 nitrogen and oxygen atoms in total. The molecule has 2 aromatic carbocycles. The van der Waals surface area contributed by atoms with Gasteiger partial charge in [-0.3, -0.25) is 10.1 Å². The normalized spacial score (nSPS) is 27.4. The minimum Gasteiger partial charge on any atom is -0.508 e. The van der Waals surface area contributed by atoms with Crippen molar-refractivity contribution in [1.29, 1.82) is 0 Å². The van der Waals surface area contributed by atoms with Crippen molar-refractivity contribution in [1.82, 2.24) is 15.5 Å². The Kier molecular flexibility index (Phi) is 7.67. The van der Waals surface area contributed by atoms with E-state index < -0.39 is 5.54 Å². The number of carbonyl (C=O) groups excluding carboxylic acids is 1. The number of fused-ring (bicyclic) bond motifs is 1. The molecule has 196 valence electrons. The Hall–Kier alpha value is -2.57. The van der Waals surface area contributed by atoms with Gasteiger partial charge in [0.25, 0.3) is 0 Å². The number of hydrogen-bond acceptors (Lipinski definition) is 5. The van der Waals surface area contributed by atoms with E-state index >= 15 is 0 Å². The van der Waals surface area contributed by atoms with Crippen molar-refractivity contribution in [2.24, 2.45) is 11.8 Å². The van der Waals surface area contributed by atoms with Gasteiger partial charge in [-0.2, -0.15) is 0 Å². The van der Waals surface area contributed by atoms with Crippen LogP contribution in [0.5, 0.6) is 11.5 Å². The molecule has 2 aromatic rings. The molecule has 2 aliphatic heterocycles. The van der Waals surface area contributed by atoms with Crippen molar-refractivity contribution in [3.05, 3.63) is 59.2 Å². The van der Waals surface area contributed by atoms with Crippen LogP contribution in [-0.4, -0.2) is 54.2 Å². The van der Waals surface area contributed by atoms with Crippen LogP contribution in [0.25, 0.3) is 0 Å². The highest BCUT2D eigenvalue weighted by atomic mass is 16.5. The maximum absolute atomic E-state index is 13.5. The van der Waals surface area contributed by atoms with Gasteiger partial charge >= 0.3 is 0 Å². The first-order chi connectivity index (χ1) is 17.0. The predicted octanol–water partition coefficient (Wildman–Crippen LogP) is 4.25. The maximum atomic E-state index is 13.5. The molecule has 1 amide bonds. The highest BCUT2D eigenvalue weighted by Gasteiger charge is 2.41. The monoisotopic (exact) mass is 493 g/mol. The molecule has 0 spiro atoms. The molecule has 4 atom stereocenters. The first-order valence-electron chi connectivity index (χ1n) is 13.3. The van der Waals surface area contributed by atoms with E-state index in [1.54, 1.807) is 19.2 Å². The second-order valence-electron chi connectivity index (χ2n) is 11.7. The number of methoxy groups -OCH3 is 1. The van der Waals surface area contributed by atoms with Gasteiger partial charge in [0.05, 0.1) is 12.6 Å². The average Bonchev–Trinajstić information content (AvgIpc) is 2.86. The fraction of sp³-hybridized carbons (Fsp3) is 0.567. The molecule has 0 saturated carbocycles. The fourth-order valence-electron chi connectivity index (χ4n) is 5.76. The van der Waals surface area contributed by atoms with Gasteiger partial charge in [0.15, 0.2) is 0 Å². The SMILES string of the molecule is COc1cccc([C@]2(C)CCN(CC(NC(=O)[C@@]3(C)Cc4ccc(O)cc4CN3)C(C)C)C[C@@H]2C)c1. The third-order valence-corrected chi connectivity index (χ3v) is 8.78. The predicted molar refractivity (Wildman–Crippen MR) is 144 cm³/mol. The highest BCUT2D eigenvalue weighted by Crippen LogP contribution is 2.40. The molecule has 2 heterocycles. The molecule has 3 N–H and O–H groups in total. The van der Waals surface area contributed by atoms with Gasteiger partial charge in [-0.15, -0.1) is 0 Å². The summed E-state index contributed by atoms with van der Waals surface area (Å²) in [6.07, 6.45) is 1.68. The number of aromatic hydroxyl groups is 1. The van der Waals surface area contributed by atoms with Crippen LogP contribution in [-0.2, 0) is 23.2 Å². The summed E-state index contributed by atoms with van der Waals surface area (Å²) < 4.78 is 5.48. The van der Waals surface area contributed by atoms with E-state index in [4.69, 9.17) is 4.74 Å². The van der Waals surface area contributed by atoms with Gasteiger partial charge in [0.2, 0.25) is 5.91 Å². The summed E-state index contributed by atoms with van der Waals surface area (Å²) >= 11 is 0. The molecule has 4 rings (SSSR count).